The van der Waals surface area contributed by atoms with Crippen LogP contribution in [-0.2, 0) is 4.79 Å². The van der Waals surface area contributed by atoms with Gasteiger partial charge in [0.15, 0.2) is 0 Å². The number of anilines is 1. The summed E-state index contributed by atoms with van der Waals surface area (Å²) in [6, 6.07) is 22.3. The number of methoxy groups -OCH3 is 2. The lowest BCUT2D eigenvalue weighted by Crippen LogP contribution is -2.14. The van der Waals surface area contributed by atoms with Crippen LogP contribution in [0.15, 0.2) is 82.4 Å². The second-order valence-corrected chi connectivity index (χ2v) is 8.08. The molecule has 7 nitrogen and oxygen atoms in total. The molecular weight excluding hydrogens is 450 g/mol. The Labute approximate surface area is 201 Å². The summed E-state index contributed by atoms with van der Waals surface area (Å²) in [6.07, 6.45) is 1.67. The number of nitriles is 1. The normalized spacial score (nSPS) is 10.4. The Morgan fingerprint density at radius 2 is 1.65 bits per heavy atom. The zero-order chi connectivity index (χ0) is 23.9. The maximum absolute atomic E-state index is 12.7. The molecule has 2 aromatic carbocycles. The molecule has 0 bridgehead atoms. The number of ether oxygens (including phenoxy) is 2. The number of furan rings is 1. The van der Waals surface area contributed by atoms with Gasteiger partial charge < -0.3 is 13.9 Å². The predicted molar refractivity (Wildman–Crippen MR) is 131 cm³/mol. The van der Waals surface area contributed by atoms with E-state index in [4.69, 9.17) is 13.9 Å². The molecule has 1 amide bonds. The van der Waals surface area contributed by atoms with Gasteiger partial charge in [-0.25, -0.2) is 4.98 Å². The molecule has 2 aromatic heterocycles. The molecule has 0 spiro atoms. The summed E-state index contributed by atoms with van der Waals surface area (Å²) in [4.78, 5) is 16.9. The highest BCUT2D eigenvalue weighted by molar-refractivity contribution is 7.99. The van der Waals surface area contributed by atoms with Crippen LogP contribution in [0.1, 0.15) is 5.56 Å². The smallest absolute Gasteiger partial charge is 0.237 e. The standard InChI is InChI=1S/C26H21N3O4S/c1-31-19-10-6-17(7-11-19)24-21(15-27)26(29-22(30)16-34-23-5-3-4-14-28-23)33-25(24)18-8-12-20(32-2)13-9-18/h3-14H,16H2,1-2H3,(H,29,30). The van der Waals surface area contributed by atoms with Crippen LogP contribution in [-0.4, -0.2) is 30.9 Å². The molecule has 0 saturated carbocycles. The third kappa shape index (κ3) is 5.05. The minimum Gasteiger partial charge on any atom is -0.497 e. The average molecular weight is 472 g/mol. The van der Waals surface area contributed by atoms with Gasteiger partial charge in [0.2, 0.25) is 11.8 Å². The third-order valence-corrected chi connectivity index (χ3v) is 5.94. The molecule has 4 aromatic rings. The Balaban J connectivity index is 1.70. The van der Waals surface area contributed by atoms with Crippen molar-refractivity contribution in [2.45, 2.75) is 5.03 Å². The van der Waals surface area contributed by atoms with Crippen LogP contribution in [0.5, 0.6) is 11.5 Å². The highest BCUT2D eigenvalue weighted by Gasteiger charge is 2.24. The zero-order valence-corrected chi connectivity index (χ0v) is 19.4. The molecule has 170 valence electrons. The van der Waals surface area contributed by atoms with Crippen molar-refractivity contribution in [3.63, 3.8) is 0 Å². The number of aromatic nitrogens is 1. The lowest BCUT2D eigenvalue weighted by Gasteiger charge is -2.06. The molecule has 1 N–H and O–H groups in total. The van der Waals surface area contributed by atoms with Gasteiger partial charge in [0.1, 0.15) is 28.9 Å². The first kappa shape index (κ1) is 23.0. The molecule has 0 aliphatic heterocycles. The summed E-state index contributed by atoms with van der Waals surface area (Å²) in [5.74, 6) is 1.78. The minimum atomic E-state index is -0.302. The van der Waals surface area contributed by atoms with Crippen molar-refractivity contribution in [1.29, 1.82) is 5.26 Å². The Morgan fingerprint density at radius 1 is 1.00 bits per heavy atom. The number of carbonyl (C=O) groups is 1. The summed E-state index contributed by atoms with van der Waals surface area (Å²) in [5, 5.41) is 13.5. The van der Waals surface area contributed by atoms with Gasteiger partial charge in [0.05, 0.1) is 25.0 Å². The Bertz CT molecular complexity index is 1310. The first-order chi connectivity index (χ1) is 16.6. The minimum absolute atomic E-state index is 0.103. The Hall–Kier alpha value is -4.22. The number of hydrogen-bond donors (Lipinski definition) is 1. The maximum atomic E-state index is 12.7. The maximum Gasteiger partial charge on any atom is 0.237 e. The molecule has 8 heteroatoms. The molecular formula is C26H21N3O4S. The van der Waals surface area contributed by atoms with Crippen LogP contribution in [0.2, 0.25) is 0 Å². The summed E-state index contributed by atoms with van der Waals surface area (Å²) in [7, 11) is 3.18. The van der Waals surface area contributed by atoms with Crippen molar-refractivity contribution in [1.82, 2.24) is 4.98 Å². The Morgan fingerprint density at radius 3 is 2.21 bits per heavy atom. The van der Waals surface area contributed by atoms with Crippen LogP contribution in [0.25, 0.3) is 22.5 Å². The quantitative estimate of drug-likeness (QED) is 0.333. The van der Waals surface area contributed by atoms with Gasteiger partial charge in [-0.1, -0.05) is 30.0 Å². The van der Waals surface area contributed by atoms with Crippen LogP contribution in [0, 0.1) is 11.3 Å². The van der Waals surface area contributed by atoms with E-state index in [1.807, 2.05) is 66.7 Å². The topological polar surface area (TPSA) is 97.4 Å². The van der Waals surface area contributed by atoms with E-state index in [0.29, 0.717) is 22.8 Å². The van der Waals surface area contributed by atoms with Crippen molar-refractivity contribution in [2.75, 3.05) is 25.3 Å². The van der Waals surface area contributed by atoms with E-state index in [0.717, 1.165) is 16.2 Å². The Kier molecular flexibility index (Phi) is 7.16. The van der Waals surface area contributed by atoms with Gasteiger partial charge in [0.25, 0.3) is 0 Å². The predicted octanol–water partition coefficient (Wildman–Crippen LogP) is 5.63. The van der Waals surface area contributed by atoms with Crippen LogP contribution < -0.4 is 14.8 Å². The van der Waals surface area contributed by atoms with E-state index in [2.05, 4.69) is 16.4 Å². The lowest BCUT2D eigenvalue weighted by molar-refractivity contribution is -0.113. The van der Waals surface area contributed by atoms with E-state index in [-0.39, 0.29) is 23.1 Å². The van der Waals surface area contributed by atoms with Crippen molar-refractivity contribution >= 4 is 23.6 Å². The van der Waals surface area contributed by atoms with E-state index in [1.165, 1.54) is 11.8 Å². The number of benzene rings is 2. The highest BCUT2D eigenvalue weighted by Crippen LogP contribution is 2.42. The fourth-order valence-electron chi connectivity index (χ4n) is 3.34. The van der Waals surface area contributed by atoms with Gasteiger partial charge in [0, 0.05) is 17.3 Å². The van der Waals surface area contributed by atoms with Crippen LogP contribution in [0.4, 0.5) is 5.88 Å². The molecule has 4 rings (SSSR count). The third-order valence-electron chi connectivity index (χ3n) is 4.99. The van der Waals surface area contributed by atoms with Gasteiger partial charge in [-0.2, -0.15) is 5.26 Å². The second kappa shape index (κ2) is 10.6. The van der Waals surface area contributed by atoms with Gasteiger partial charge in [-0.15, -0.1) is 0 Å². The summed E-state index contributed by atoms with van der Waals surface area (Å²) in [6.45, 7) is 0. The first-order valence-electron chi connectivity index (χ1n) is 10.3. The van der Waals surface area contributed by atoms with E-state index in [9.17, 15) is 10.1 Å². The monoisotopic (exact) mass is 471 g/mol. The van der Waals surface area contributed by atoms with Crippen LogP contribution >= 0.6 is 11.8 Å². The second-order valence-electron chi connectivity index (χ2n) is 7.08. The van der Waals surface area contributed by atoms with E-state index >= 15 is 0 Å². The largest absolute Gasteiger partial charge is 0.497 e. The van der Waals surface area contributed by atoms with Gasteiger partial charge >= 0.3 is 0 Å². The summed E-state index contributed by atoms with van der Waals surface area (Å²) in [5.41, 5.74) is 2.33. The fraction of sp³-hybridized carbons (Fsp3) is 0.115. The van der Waals surface area contributed by atoms with Crippen molar-refractivity contribution in [2.24, 2.45) is 0 Å². The van der Waals surface area contributed by atoms with Crippen LogP contribution in [0.3, 0.4) is 0 Å². The molecule has 0 atom stereocenters. The summed E-state index contributed by atoms with van der Waals surface area (Å²) < 4.78 is 16.6. The SMILES string of the molecule is COc1ccc(-c2oc(NC(=O)CSc3ccccn3)c(C#N)c2-c2ccc(OC)cc2)cc1. The average Bonchev–Trinajstić information content (AvgIpc) is 3.26. The first-order valence-corrected chi connectivity index (χ1v) is 11.3. The molecule has 2 heterocycles. The number of carbonyl (C=O) groups excluding carboxylic acids is 1. The van der Waals surface area contributed by atoms with Crippen molar-refractivity contribution < 1.29 is 18.7 Å². The van der Waals surface area contributed by atoms with Gasteiger partial charge in [-0.05, 0) is 54.1 Å². The number of rotatable bonds is 8. The van der Waals surface area contributed by atoms with Crippen molar-refractivity contribution in [3.8, 4) is 40.0 Å². The molecule has 0 aliphatic rings. The number of thioether (sulfide) groups is 1. The molecule has 0 fully saturated rings. The molecule has 0 radical (unpaired) electrons. The number of nitrogens with zero attached hydrogens (tertiary/aromatic N) is 2. The van der Waals surface area contributed by atoms with Gasteiger partial charge in [-0.3, -0.25) is 10.1 Å². The molecule has 0 aliphatic carbocycles. The molecule has 34 heavy (non-hydrogen) atoms. The molecule has 0 unspecified atom stereocenters. The fourth-order valence-corrected chi connectivity index (χ4v) is 4.00. The number of amides is 1. The number of hydrogen-bond acceptors (Lipinski definition) is 7. The number of pyridine rings is 1. The van der Waals surface area contributed by atoms with E-state index in [1.54, 1.807) is 20.4 Å². The van der Waals surface area contributed by atoms with Crippen molar-refractivity contribution in [3.05, 3.63) is 78.5 Å². The van der Waals surface area contributed by atoms with E-state index < -0.39 is 0 Å². The number of nitrogens with one attached hydrogen (secondary N) is 1. The zero-order valence-electron chi connectivity index (χ0n) is 18.6. The molecule has 0 saturated heterocycles. The highest BCUT2D eigenvalue weighted by atomic mass is 32.2. The lowest BCUT2D eigenvalue weighted by atomic mass is 9.98. The summed E-state index contributed by atoms with van der Waals surface area (Å²) >= 11 is 1.30.